The van der Waals surface area contributed by atoms with Crippen LogP contribution in [0.25, 0.3) is 0 Å². The molecule has 20 heavy (non-hydrogen) atoms. The van der Waals surface area contributed by atoms with Crippen molar-refractivity contribution in [3.05, 3.63) is 11.9 Å². The first-order valence-electron chi connectivity index (χ1n) is 6.77. The fourth-order valence-electron chi connectivity index (χ4n) is 2.55. The second kappa shape index (κ2) is 6.29. The molecule has 2 aliphatic heterocycles. The topological polar surface area (TPSA) is 54.5 Å². The van der Waals surface area contributed by atoms with Crippen molar-refractivity contribution in [2.24, 2.45) is 5.92 Å². The van der Waals surface area contributed by atoms with E-state index in [1.807, 2.05) is 13.8 Å². The van der Waals surface area contributed by atoms with Crippen LogP contribution < -0.4 is 0 Å². The Morgan fingerprint density at radius 3 is 2.60 bits per heavy atom. The molecule has 2 rings (SSSR count). The molecular weight excluding hydrogens is 313 g/mol. The Morgan fingerprint density at radius 1 is 1.45 bits per heavy atom. The van der Waals surface area contributed by atoms with Crippen LogP contribution in [0.4, 0.5) is 0 Å². The molecule has 0 aromatic heterocycles. The Kier molecular flexibility index (Phi) is 5.09. The number of hydrogen-bond donors (Lipinski definition) is 0. The number of likely N-dealkylation sites (tertiary alicyclic amines) is 1. The lowest BCUT2D eigenvalue weighted by Gasteiger charge is -2.26. The fraction of sp³-hybridized carbons (Fsp3) is 0.692. The molecule has 0 bridgehead atoms. The van der Waals surface area contributed by atoms with E-state index in [1.54, 1.807) is 0 Å². The first-order chi connectivity index (χ1) is 9.35. The summed E-state index contributed by atoms with van der Waals surface area (Å²) < 4.78 is 12.5. The van der Waals surface area contributed by atoms with E-state index >= 15 is 0 Å². The molecule has 0 radical (unpaired) electrons. The summed E-state index contributed by atoms with van der Waals surface area (Å²) in [5.74, 6) is 1.59. The lowest BCUT2D eigenvalue weighted by Crippen LogP contribution is -2.41. The minimum absolute atomic E-state index is 0.0207. The molecule has 0 N–H and O–H groups in total. The van der Waals surface area contributed by atoms with Crippen molar-refractivity contribution in [3.63, 3.8) is 0 Å². The zero-order valence-electron chi connectivity index (χ0n) is 11.8. The summed E-state index contributed by atoms with van der Waals surface area (Å²) in [6.07, 6.45) is 1.20. The second-order valence-electron chi connectivity index (χ2n) is 5.41. The van der Waals surface area contributed by atoms with Gasteiger partial charge in [-0.2, -0.15) is 0 Å². The summed E-state index contributed by atoms with van der Waals surface area (Å²) >= 11 is 2.82. The summed E-state index contributed by atoms with van der Waals surface area (Å²) in [6.45, 7) is 7.89. The van der Waals surface area contributed by atoms with Gasteiger partial charge in [0.2, 0.25) is 17.4 Å². The molecular formula is C13H20NO3PS2. The Bertz CT molecular complexity index is 482. The van der Waals surface area contributed by atoms with Crippen LogP contribution in [0, 0.1) is 5.92 Å². The normalized spacial score (nSPS) is 25.4. The van der Waals surface area contributed by atoms with Gasteiger partial charge in [0.05, 0.1) is 6.42 Å². The molecule has 2 heterocycles. The largest absolute Gasteiger partial charge is 0.296 e. The quantitative estimate of drug-likeness (QED) is 0.734. The second-order valence-corrected chi connectivity index (χ2v) is 13.7. The van der Waals surface area contributed by atoms with Crippen LogP contribution in [0.1, 0.15) is 33.1 Å². The maximum atomic E-state index is 12.5. The molecule has 4 nitrogen and oxygen atoms in total. The number of imide groups is 1. The van der Waals surface area contributed by atoms with Gasteiger partial charge in [-0.3, -0.25) is 19.1 Å². The zero-order valence-corrected chi connectivity index (χ0v) is 14.4. The van der Waals surface area contributed by atoms with Crippen LogP contribution in [-0.2, 0) is 14.2 Å². The van der Waals surface area contributed by atoms with Gasteiger partial charge in [0.15, 0.2) is 0 Å². The lowest BCUT2D eigenvalue weighted by atomic mass is 10.0. The maximum absolute atomic E-state index is 12.5. The van der Waals surface area contributed by atoms with E-state index < -0.39 is 5.55 Å². The highest BCUT2D eigenvalue weighted by Gasteiger charge is 2.39. The number of nitrogens with zero attached hydrogens (tertiary/aromatic N) is 1. The molecule has 0 spiro atoms. The summed E-state index contributed by atoms with van der Waals surface area (Å²) in [6, 6.07) is -0.0207. The van der Waals surface area contributed by atoms with Crippen molar-refractivity contribution in [3.8, 4) is 0 Å². The van der Waals surface area contributed by atoms with Crippen LogP contribution in [-0.4, -0.2) is 34.3 Å². The molecule has 1 unspecified atom stereocenters. The van der Waals surface area contributed by atoms with Crippen molar-refractivity contribution < 1.29 is 14.2 Å². The van der Waals surface area contributed by atoms with Crippen LogP contribution in [0.2, 0.25) is 0 Å². The van der Waals surface area contributed by atoms with Gasteiger partial charge in [-0.25, -0.2) is 0 Å². The Hall–Kier alpha value is -0.190. The van der Waals surface area contributed by atoms with E-state index in [9.17, 15) is 14.2 Å². The molecule has 2 aliphatic rings. The molecule has 112 valence electrons. The first kappa shape index (κ1) is 16.2. The summed E-state index contributed by atoms with van der Waals surface area (Å²) in [7, 11) is 0. The minimum atomic E-state index is -2.54. The van der Waals surface area contributed by atoms with Gasteiger partial charge in [0.25, 0.3) is 0 Å². The fourth-order valence-corrected chi connectivity index (χ4v) is 10.9. The predicted molar refractivity (Wildman–Crippen MR) is 86.0 cm³/mol. The van der Waals surface area contributed by atoms with Crippen LogP contribution >= 0.6 is 28.3 Å². The van der Waals surface area contributed by atoms with E-state index in [0.29, 0.717) is 11.7 Å². The van der Waals surface area contributed by atoms with Crippen molar-refractivity contribution >= 4 is 40.1 Å². The standard InChI is InChI=1S/C13H20NO3PS2/c1-9(2)11-4-5-12(15)14(11)13(16)8-10(3)18(17)19-6-7-20-18/h9,11H,3-8H2,1-2H3. The average Bonchev–Trinajstić information content (AvgIpc) is 2.96. The van der Waals surface area contributed by atoms with Gasteiger partial charge in [0.1, 0.15) is 0 Å². The summed E-state index contributed by atoms with van der Waals surface area (Å²) in [5.41, 5.74) is -2.54. The zero-order chi connectivity index (χ0) is 14.9. The predicted octanol–water partition coefficient (Wildman–Crippen LogP) is 3.74. The van der Waals surface area contributed by atoms with Gasteiger partial charge in [-0.1, -0.05) is 43.2 Å². The number of carbonyl (C=O) groups excluding carboxylic acids is 2. The average molecular weight is 333 g/mol. The van der Waals surface area contributed by atoms with E-state index in [1.165, 1.54) is 27.7 Å². The smallest absolute Gasteiger partial charge is 0.234 e. The summed E-state index contributed by atoms with van der Waals surface area (Å²) in [4.78, 5) is 25.7. The SMILES string of the molecule is C=C(CC(=O)N1C(=O)CCC1C(C)C)P1(=O)SCCS1. The van der Waals surface area contributed by atoms with E-state index in [-0.39, 0.29) is 30.2 Å². The van der Waals surface area contributed by atoms with Crippen molar-refractivity contribution in [2.75, 3.05) is 11.5 Å². The number of rotatable bonds is 4. The highest BCUT2D eigenvalue weighted by molar-refractivity contribution is 8.93. The maximum Gasteiger partial charge on any atom is 0.234 e. The van der Waals surface area contributed by atoms with Gasteiger partial charge in [-0.15, -0.1) is 0 Å². The lowest BCUT2D eigenvalue weighted by molar-refractivity contribution is -0.144. The van der Waals surface area contributed by atoms with E-state index in [4.69, 9.17) is 0 Å². The number of carbonyl (C=O) groups is 2. The molecule has 2 amide bonds. The van der Waals surface area contributed by atoms with Gasteiger partial charge < -0.3 is 0 Å². The third-order valence-electron chi connectivity index (χ3n) is 3.64. The van der Waals surface area contributed by atoms with E-state index in [2.05, 4.69) is 6.58 Å². The number of amides is 2. The third-order valence-corrected chi connectivity index (χ3v) is 12.9. The van der Waals surface area contributed by atoms with Crippen LogP contribution in [0.3, 0.4) is 0 Å². The molecule has 0 saturated carbocycles. The van der Waals surface area contributed by atoms with E-state index in [0.717, 1.165) is 17.9 Å². The van der Waals surface area contributed by atoms with Gasteiger partial charge >= 0.3 is 0 Å². The highest BCUT2D eigenvalue weighted by Crippen LogP contribution is 2.78. The monoisotopic (exact) mass is 333 g/mol. The minimum Gasteiger partial charge on any atom is -0.296 e. The van der Waals surface area contributed by atoms with Crippen LogP contribution in [0.5, 0.6) is 0 Å². The molecule has 0 aromatic rings. The first-order valence-corrected chi connectivity index (χ1v) is 11.7. The van der Waals surface area contributed by atoms with Crippen molar-refractivity contribution in [1.29, 1.82) is 0 Å². The van der Waals surface area contributed by atoms with Gasteiger partial charge in [0, 0.05) is 29.3 Å². The molecule has 2 saturated heterocycles. The summed E-state index contributed by atoms with van der Waals surface area (Å²) in [5, 5.41) is 0.497. The van der Waals surface area contributed by atoms with Crippen molar-refractivity contribution in [1.82, 2.24) is 4.90 Å². The Labute approximate surface area is 128 Å². The molecule has 0 aliphatic carbocycles. The Balaban J connectivity index is 2.05. The molecule has 0 aromatic carbocycles. The van der Waals surface area contributed by atoms with Gasteiger partial charge in [-0.05, 0) is 12.3 Å². The molecule has 2 fully saturated rings. The Morgan fingerprint density at radius 2 is 2.05 bits per heavy atom. The highest BCUT2D eigenvalue weighted by atomic mass is 33.1. The van der Waals surface area contributed by atoms with Crippen LogP contribution in [0.15, 0.2) is 11.9 Å². The molecule has 7 heteroatoms. The van der Waals surface area contributed by atoms with Crippen molar-refractivity contribution in [2.45, 2.75) is 39.2 Å². The number of hydrogen-bond acceptors (Lipinski definition) is 5. The molecule has 1 atom stereocenters. The third kappa shape index (κ3) is 3.18.